The van der Waals surface area contributed by atoms with E-state index in [0.29, 0.717) is 28.2 Å². The molecule has 2 aromatic carbocycles. The summed E-state index contributed by atoms with van der Waals surface area (Å²) in [5.41, 5.74) is 0.292. The first kappa shape index (κ1) is 23.6. The lowest BCUT2D eigenvalue weighted by Crippen LogP contribution is -2.55. The van der Waals surface area contributed by atoms with Gasteiger partial charge in [-0.1, -0.05) is 35.3 Å². The van der Waals surface area contributed by atoms with Crippen molar-refractivity contribution in [1.29, 1.82) is 0 Å². The van der Waals surface area contributed by atoms with Crippen LogP contribution in [0, 0.1) is 5.82 Å². The molecule has 0 fully saturated rings. The van der Waals surface area contributed by atoms with E-state index < -0.39 is 5.82 Å². The normalized spacial score (nSPS) is 12.3. The molecule has 3 aromatic rings. The third-order valence-electron chi connectivity index (χ3n) is 5.90. The molecule has 0 aliphatic carbocycles. The molecule has 3 rings (SSSR count). The minimum absolute atomic E-state index is 0.0145. The predicted octanol–water partition coefficient (Wildman–Crippen LogP) is 6.51. The Morgan fingerprint density at radius 3 is 2.45 bits per heavy atom. The van der Waals surface area contributed by atoms with Crippen molar-refractivity contribution in [1.82, 2.24) is 4.98 Å². The van der Waals surface area contributed by atoms with Crippen LogP contribution in [0.1, 0.15) is 26.5 Å². The maximum atomic E-state index is 14.6. The molecule has 0 bridgehead atoms. The van der Waals surface area contributed by atoms with E-state index >= 15 is 0 Å². The number of rotatable bonds is 7. The molecule has 0 amide bonds. The van der Waals surface area contributed by atoms with Crippen molar-refractivity contribution in [3.05, 3.63) is 64.2 Å². The van der Waals surface area contributed by atoms with Crippen LogP contribution < -0.4 is 9.47 Å². The summed E-state index contributed by atoms with van der Waals surface area (Å²) in [4.78, 5) is 4.19. The lowest BCUT2D eigenvalue weighted by atomic mass is 10.0. The monoisotopic (exact) mass is 465 g/mol. The van der Waals surface area contributed by atoms with Gasteiger partial charge < -0.3 is 14.0 Å². The van der Waals surface area contributed by atoms with Crippen LogP contribution in [0.3, 0.4) is 0 Å². The van der Waals surface area contributed by atoms with E-state index in [1.165, 1.54) is 12.3 Å². The van der Waals surface area contributed by atoms with E-state index in [1.807, 2.05) is 18.2 Å². The van der Waals surface area contributed by atoms with Gasteiger partial charge in [0.2, 0.25) is 0 Å². The summed E-state index contributed by atoms with van der Waals surface area (Å²) in [5.74, 6) is 0.518. The molecule has 0 saturated heterocycles. The van der Waals surface area contributed by atoms with Gasteiger partial charge in [0.05, 0.1) is 35.9 Å². The molecule has 0 spiro atoms. The second kappa shape index (κ2) is 9.19. The van der Waals surface area contributed by atoms with Crippen LogP contribution in [0.25, 0.3) is 10.8 Å². The summed E-state index contributed by atoms with van der Waals surface area (Å²) in [7, 11) is 4.30. The molecular formula is C24H28Cl2FN2O2+. The van der Waals surface area contributed by atoms with Crippen molar-refractivity contribution in [2.24, 2.45) is 0 Å². The lowest BCUT2D eigenvalue weighted by molar-refractivity contribution is -0.935. The van der Waals surface area contributed by atoms with Crippen molar-refractivity contribution in [3.63, 3.8) is 0 Å². The van der Waals surface area contributed by atoms with Gasteiger partial charge in [0.1, 0.15) is 37.0 Å². The third-order valence-corrected chi connectivity index (χ3v) is 6.72. The zero-order valence-electron chi connectivity index (χ0n) is 18.5. The van der Waals surface area contributed by atoms with Gasteiger partial charge in [-0.2, -0.15) is 0 Å². The van der Waals surface area contributed by atoms with Crippen molar-refractivity contribution >= 4 is 34.0 Å². The maximum absolute atomic E-state index is 14.6. The molecule has 0 radical (unpaired) electrons. The first-order valence-corrected chi connectivity index (χ1v) is 10.8. The van der Waals surface area contributed by atoms with Crippen LogP contribution in [0.4, 0.5) is 4.39 Å². The number of fused-ring (bicyclic) bond motifs is 1. The first-order chi connectivity index (χ1) is 14.5. The Kier molecular flexibility index (Phi) is 6.99. The smallest absolute Gasteiger partial charge is 0.151 e. The van der Waals surface area contributed by atoms with E-state index in [1.54, 1.807) is 12.1 Å². The predicted molar refractivity (Wildman–Crippen MR) is 125 cm³/mol. The number of hydrogen-bond acceptors (Lipinski definition) is 3. The van der Waals surface area contributed by atoms with Gasteiger partial charge in [-0.15, -0.1) is 0 Å². The fraction of sp³-hybridized carbons (Fsp3) is 0.375. The molecule has 0 aliphatic heterocycles. The number of quaternary nitrogens is 1. The molecular weight excluding hydrogens is 438 g/mol. The summed E-state index contributed by atoms with van der Waals surface area (Å²) in [6.07, 6.45) is 1.53. The fourth-order valence-electron chi connectivity index (χ4n) is 2.90. The molecule has 4 nitrogen and oxygen atoms in total. The van der Waals surface area contributed by atoms with Gasteiger partial charge in [-0.05, 0) is 39.0 Å². The summed E-state index contributed by atoms with van der Waals surface area (Å²) in [6, 6.07) is 10.4. The van der Waals surface area contributed by atoms with E-state index in [2.05, 4.69) is 39.9 Å². The van der Waals surface area contributed by atoms with Crippen LogP contribution in [0.2, 0.25) is 10.0 Å². The van der Waals surface area contributed by atoms with E-state index in [4.69, 9.17) is 32.7 Å². The molecule has 0 atom stereocenters. The molecule has 31 heavy (non-hydrogen) atoms. The van der Waals surface area contributed by atoms with Crippen LogP contribution in [0.15, 0.2) is 42.6 Å². The van der Waals surface area contributed by atoms with Crippen molar-refractivity contribution < 1.29 is 18.3 Å². The van der Waals surface area contributed by atoms with Crippen molar-refractivity contribution in [2.45, 2.75) is 32.9 Å². The van der Waals surface area contributed by atoms with Crippen LogP contribution in [-0.4, -0.2) is 42.3 Å². The largest absolute Gasteiger partial charge is 0.487 e. The Labute approximate surface area is 193 Å². The molecule has 1 aromatic heterocycles. The Balaban J connectivity index is 1.65. The van der Waals surface area contributed by atoms with Crippen LogP contribution in [-0.2, 0) is 6.61 Å². The number of halogens is 3. The molecule has 0 N–H and O–H groups in total. The molecule has 0 unspecified atom stereocenters. The number of likely N-dealkylation sites (N-methyl/N-ethyl adjacent to an activating group) is 1. The zero-order valence-corrected chi connectivity index (χ0v) is 20.0. The van der Waals surface area contributed by atoms with E-state index in [0.717, 1.165) is 21.8 Å². The van der Waals surface area contributed by atoms with E-state index in [9.17, 15) is 4.39 Å². The summed E-state index contributed by atoms with van der Waals surface area (Å²) < 4.78 is 26.9. The van der Waals surface area contributed by atoms with Crippen LogP contribution in [0.5, 0.6) is 11.5 Å². The lowest BCUT2D eigenvalue weighted by Gasteiger charge is -2.42. The number of ether oxygens (including phenoxy) is 2. The molecule has 0 aliphatic rings. The second-order valence-electron chi connectivity index (χ2n) is 9.03. The highest BCUT2D eigenvalue weighted by molar-refractivity contribution is 6.45. The van der Waals surface area contributed by atoms with E-state index in [-0.39, 0.29) is 17.8 Å². The van der Waals surface area contributed by atoms with Gasteiger partial charge in [0, 0.05) is 16.8 Å². The topological polar surface area (TPSA) is 31.4 Å². The van der Waals surface area contributed by atoms with Gasteiger partial charge >= 0.3 is 0 Å². The summed E-state index contributed by atoms with van der Waals surface area (Å²) in [5, 5.41) is 2.51. The molecule has 1 heterocycles. The van der Waals surface area contributed by atoms with Gasteiger partial charge in [-0.25, -0.2) is 4.39 Å². The van der Waals surface area contributed by atoms with Gasteiger partial charge in [0.15, 0.2) is 5.82 Å². The third kappa shape index (κ3) is 5.40. The summed E-state index contributed by atoms with van der Waals surface area (Å²) in [6.45, 7) is 7.80. The Morgan fingerprint density at radius 1 is 1.03 bits per heavy atom. The number of benzene rings is 2. The highest BCUT2D eigenvalue weighted by Gasteiger charge is 2.31. The standard InChI is InChI=1S/C24H28Cl2FN2O2/c1-24(2,3)29(4,5)11-12-30-16-13-20(27)21(28-14-16)15-31-22-8-6-7-18-17(22)9-10-19(25)23(18)26/h6-10,13-14H,11-12,15H2,1-5H3/q+1. The first-order valence-electron chi connectivity index (χ1n) is 10.1. The highest BCUT2D eigenvalue weighted by Crippen LogP contribution is 2.35. The van der Waals surface area contributed by atoms with Crippen molar-refractivity contribution in [2.75, 3.05) is 27.2 Å². The SMILES string of the molecule is CC(C)(C)[N+](C)(C)CCOc1cnc(COc2cccc3c(Cl)c(Cl)ccc23)c(F)c1. The van der Waals surface area contributed by atoms with Crippen molar-refractivity contribution in [3.8, 4) is 11.5 Å². The van der Waals surface area contributed by atoms with Gasteiger partial charge in [-0.3, -0.25) is 4.98 Å². The number of hydrogen-bond donors (Lipinski definition) is 0. The minimum Gasteiger partial charge on any atom is -0.487 e. The quantitative estimate of drug-likeness (QED) is 0.372. The Bertz CT molecular complexity index is 1080. The second-order valence-corrected chi connectivity index (χ2v) is 9.81. The maximum Gasteiger partial charge on any atom is 0.151 e. The average Bonchev–Trinajstić information content (AvgIpc) is 2.69. The number of nitrogens with zero attached hydrogens (tertiary/aromatic N) is 2. The molecule has 0 saturated carbocycles. The molecule has 166 valence electrons. The summed E-state index contributed by atoms with van der Waals surface area (Å²) >= 11 is 12.4. The number of aromatic nitrogens is 1. The van der Waals surface area contributed by atoms with Crippen LogP contribution >= 0.6 is 23.2 Å². The Hall–Kier alpha value is -2.08. The van der Waals surface area contributed by atoms with Gasteiger partial charge in [0.25, 0.3) is 0 Å². The zero-order chi connectivity index (χ0) is 22.8. The Morgan fingerprint density at radius 2 is 1.77 bits per heavy atom. The average molecular weight is 466 g/mol. The molecule has 7 heteroatoms. The fourth-order valence-corrected chi connectivity index (χ4v) is 3.29. The highest BCUT2D eigenvalue weighted by atomic mass is 35.5. The minimum atomic E-state index is -0.469. The number of pyridine rings is 1.